The Bertz CT molecular complexity index is 1300. The monoisotopic (exact) mass is 447 g/mol. The van der Waals surface area contributed by atoms with Gasteiger partial charge in [-0.05, 0) is 45.0 Å². The number of aliphatic carboxylic acids is 1. The van der Waals surface area contributed by atoms with Crippen molar-refractivity contribution in [3.05, 3.63) is 60.4 Å². The normalized spacial score (nSPS) is 11.8. The van der Waals surface area contributed by atoms with Crippen molar-refractivity contribution in [2.75, 3.05) is 19.0 Å². The highest BCUT2D eigenvalue weighted by molar-refractivity contribution is 5.84. The van der Waals surface area contributed by atoms with Gasteiger partial charge in [0.15, 0.2) is 5.60 Å². The number of carboxylic acid groups (broad SMARTS) is 1. The number of ether oxygens (including phenoxy) is 1. The van der Waals surface area contributed by atoms with Crippen molar-refractivity contribution in [2.24, 2.45) is 0 Å². The molecule has 0 fully saturated rings. The van der Waals surface area contributed by atoms with Gasteiger partial charge in [-0.2, -0.15) is 10.2 Å². The molecule has 0 aliphatic rings. The van der Waals surface area contributed by atoms with Crippen molar-refractivity contribution in [3.8, 4) is 16.9 Å². The summed E-state index contributed by atoms with van der Waals surface area (Å²) in [6.45, 7) is 6.00. The predicted octanol–water partition coefficient (Wildman–Crippen LogP) is 4.35. The van der Waals surface area contributed by atoms with Crippen LogP contribution in [0.15, 0.2) is 54.7 Å². The van der Waals surface area contributed by atoms with E-state index in [-0.39, 0.29) is 6.61 Å². The molecule has 0 atom stereocenters. The van der Waals surface area contributed by atoms with Gasteiger partial charge in [0.05, 0.1) is 41.1 Å². The summed E-state index contributed by atoms with van der Waals surface area (Å²) in [7, 11) is 3.99. The van der Waals surface area contributed by atoms with Gasteiger partial charge in [-0.3, -0.25) is 4.68 Å². The molecule has 0 spiro atoms. The number of para-hydroxylation sites is 2. The van der Waals surface area contributed by atoms with Gasteiger partial charge in [-0.15, -0.1) is 0 Å². The van der Waals surface area contributed by atoms with Gasteiger partial charge in [-0.25, -0.2) is 9.48 Å². The van der Waals surface area contributed by atoms with Crippen LogP contribution in [0.3, 0.4) is 0 Å². The van der Waals surface area contributed by atoms with Crippen LogP contribution in [0.1, 0.15) is 26.5 Å². The molecule has 4 aromatic rings. The molecule has 8 nitrogen and oxygen atoms in total. The van der Waals surface area contributed by atoms with Crippen molar-refractivity contribution in [1.82, 2.24) is 19.6 Å². The molecule has 0 saturated carbocycles. The maximum atomic E-state index is 11.5. The lowest BCUT2D eigenvalue weighted by Gasteiger charge is -2.19. The van der Waals surface area contributed by atoms with Gasteiger partial charge < -0.3 is 14.7 Å². The Morgan fingerprint density at radius 2 is 1.91 bits per heavy atom. The Hall–Kier alpha value is -3.65. The van der Waals surface area contributed by atoms with Crippen molar-refractivity contribution in [3.63, 3.8) is 0 Å². The van der Waals surface area contributed by atoms with Crippen LogP contribution in [0.4, 0.5) is 5.69 Å². The van der Waals surface area contributed by atoms with Crippen LogP contribution in [0.2, 0.25) is 0 Å². The van der Waals surface area contributed by atoms with E-state index < -0.39 is 11.6 Å². The first-order valence-corrected chi connectivity index (χ1v) is 10.9. The topological polar surface area (TPSA) is 85.4 Å². The Morgan fingerprint density at radius 3 is 2.61 bits per heavy atom. The molecule has 0 radical (unpaired) electrons. The molecule has 0 aliphatic heterocycles. The molecule has 2 aromatic heterocycles. The smallest absolute Gasteiger partial charge is 0.335 e. The van der Waals surface area contributed by atoms with Crippen LogP contribution in [-0.2, 0) is 22.7 Å². The first-order chi connectivity index (χ1) is 15.7. The summed E-state index contributed by atoms with van der Waals surface area (Å²) in [6, 6.07) is 16.2. The highest BCUT2D eigenvalue weighted by Gasteiger charge is 2.28. The minimum atomic E-state index is -1.31. The molecule has 33 heavy (non-hydrogen) atoms. The van der Waals surface area contributed by atoms with E-state index in [1.54, 1.807) is 0 Å². The molecular weight excluding hydrogens is 418 g/mol. The summed E-state index contributed by atoms with van der Waals surface area (Å²) in [5.41, 5.74) is 4.21. The van der Waals surface area contributed by atoms with Crippen LogP contribution in [0.25, 0.3) is 27.8 Å². The molecular formula is C25H29N5O3. The molecule has 0 unspecified atom stereocenters. The second-order valence-electron chi connectivity index (χ2n) is 8.65. The standard InChI is InChI=1S/C25H29N5O3/c1-6-29-22-13-17(11-12-18(22)15-26-29)23-14-19(16-33-25(2,3)24(31)32)27-30(23)21-10-8-7-9-20(21)28(4)5/h7-15H,6,16H2,1-5H3,(H,31,32). The van der Waals surface area contributed by atoms with E-state index in [2.05, 4.69) is 30.2 Å². The molecule has 0 aliphatic carbocycles. The highest BCUT2D eigenvalue weighted by Crippen LogP contribution is 2.31. The second-order valence-corrected chi connectivity index (χ2v) is 8.65. The summed E-state index contributed by atoms with van der Waals surface area (Å²) in [5, 5.41) is 19.8. The number of benzene rings is 2. The summed E-state index contributed by atoms with van der Waals surface area (Å²) in [5.74, 6) is -1.02. The van der Waals surface area contributed by atoms with Gasteiger partial charge in [0, 0.05) is 31.6 Å². The number of carbonyl (C=O) groups is 1. The van der Waals surface area contributed by atoms with Gasteiger partial charge >= 0.3 is 5.97 Å². The quantitative estimate of drug-likeness (QED) is 0.432. The molecule has 8 heteroatoms. The fourth-order valence-electron chi connectivity index (χ4n) is 3.71. The van der Waals surface area contributed by atoms with Crippen LogP contribution in [0, 0.1) is 0 Å². The number of hydrogen-bond acceptors (Lipinski definition) is 5. The molecule has 0 saturated heterocycles. The number of hydrogen-bond donors (Lipinski definition) is 1. The predicted molar refractivity (Wildman–Crippen MR) is 129 cm³/mol. The van der Waals surface area contributed by atoms with Crippen LogP contribution < -0.4 is 4.90 Å². The third kappa shape index (κ3) is 4.34. The average molecular weight is 448 g/mol. The summed E-state index contributed by atoms with van der Waals surface area (Å²) >= 11 is 0. The number of carboxylic acids is 1. The lowest BCUT2D eigenvalue weighted by atomic mass is 10.1. The van der Waals surface area contributed by atoms with E-state index in [0.29, 0.717) is 5.69 Å². The van der Waals surface area contributed by atoms with E-state index in [0.717, 1.165) is 40.1 Å². The maximum Gasteiger partial charge on any atom is 0.335 e. The first-order valence-electron chi connectivity index (χ1n) is 10.9. The Balaban J connectivity index is 1.85. The summed E-state index contributed by atoms with van der Waals surface area (Å²) < 4.78 is 9.55. The van der Waals surface area contributed by atoms with Crippen LogP contribution in [-0.4, -0.2) is 50.3 Å². The molecule has 4 rings (SSSR count). The van der Waals surface area contributed by atoms with Gasteiger partial charge in [0.1, 0.15) is 0 Å². The molecule has 1 N–H and O–H groups in total. The number of aromatic nitrogens is 4. The number of fused-ring (bicyclic) bond motifs is 1. The zero-order valence-corrected chi connectivity index (χ0v) is 19.6. The number of rotatable bonds is 8. The van der Waals surface area contributed by atoms with Gasteiger partial charge in [0.2, 0.25) is 0 Å². The van der Waals surface area contributed by atoms with E-state index >= 15 is 0 Å². The molecule has 172 valence electrons. The zero-order valence-electron chi connectivity index (χ0n) is 19.6. The molecule has 0 bridgehead atoms. The lowest BCUT2D eigenvalue weighted by molar-refractivity contribution is -0.162. The average Bonchev–Trinajstić information content (AvgIpc) is 3.41. The Kier molecular flexibility index (Phi) is 5.95. The fraction of sp³-hybridized carbons (Fsp3) is 0.320. The second kappa shape index (κ2) is 8.71. The minimum Gasteiger partial charge on any atom is -0.479 e. The third-order valence-electron chi connectivity index (χ3n) is 5.69. The Morgan fingerprint density at radius 1 is 1.15 bits per heavy atom. The zero-order chi connectivity index (χ0) is 23.8. The van der Waals surface area contributed by atoms with E-state index in [1.807, 2.05) is 64.9 Å². The summed E-state index contributed by atoms with van der Waals surface area (Å²) in [6.07, 6.45) is 1.87. The summed E-state index contributed by atoms with van der Waals surface area (Å²) in [4.78, 5) is 13.5. The first kappa shape index (κ1) is 22.5. The maximum absolute atomic E-state index is 11.5. The number of nitrogens with zero attached hydrogens (tertiary/aromatic N) is 5. The third-order valence-corrected chi connectivity index (χ3v) is 5.69. The van der Waals surface area contributed by atoms with Crippen molar-refractivity contribution < 1.29 is 14.6 Å². The lowest BCUT2D eigenvalue weighted by Crippen LogP contribution is -2.34. The van der Waals surface area contributed by atoms with Crippen LogP contribution in [0.5, 0.6) is 0 Å². The number of anilines is 1. The SMILES string of the molecule is CCn1ncc2ccc(-c3cc(COC(C)(C)C(=O)O)nn3-c3ccccc3N(C)C)cc21. The van der Waals surface area contributed by atoms with E-state index in [9.17, 15) is 9.90 Å². The van der Waals surface area contributed by atoms with Gasteiger partial charge in [0.25, 0.3) is 0 Å². The molecule has 2 heterocycles. The minimum absolute atomic E-state index is 0.0819. The largest absolute Gasteiger partial charge is 0.479 e. The van der Waals surface area contributed by atoms with E-state index in [1.165, 1.54) is 13.8 Å². The fourth-order valence-corrected chi connectivity index (χ4v) is 3.71. The molecule has 0 amide bonds. The highest BCUT2D eigenvalue weighted by atomic mass is 16.5. The van der Waals surface area contributed by atoms with Crippen LogP contribution >= 0.6 is 0 Å². The van der Waals surface area contributed by atoms with Crippen molar-refractivity contribution in [1.29, 1.82) is 0 Å². The Labute approximate surface area is 193 Å². The van der Waals surface area contributed by atoms with Crippen molar-refractivity contribution >= 4 is 22.6 Å². The number of aryl methyl sites for hydroxylation is 1. The van der Waals surface area contributed by atoms with E-state index in [4.69, 9.17) is 9.84 Å². The molecule has 2 aromatic carbocycles. The van der Waals surface area contributed by atoms with Crippen molar-refractivity contribution in [2.45, 2.75) is 39.5 Å². The van der Waals surface area contributed by atoms with Gasteiger partial charge in [-0.1, -0.05) is 24.3 Å².